The van der Waals surface area contributed by atoms with Crippen molar-refractivity contribution in [1.29, 1.82) is 0 Å². The van der Waals surface area contributed by atoms with E-state index in [1.165, 1.54) is 0 Å². The van der Waals surface area contributed by atoms with Gasteiger partial charge < -0.3 is 9.47 Å². The Hall–Kier alpha value is -1.18. The molecule has 59 valence electrons. The van der Waals surface area contributed by atoms with E-state index in [9.17, 15) is 0 Å². The predicted molar refractivity (Wildman–Crippen MR) is 43.1 cm³/mol. The molecular formula is C9H11O2. The summed E-state index contributed by atoms with van der Waals surface area (Å²) in [6, 6.07) is 6.83. The standard InChI is InChI=1S/C9H11O2/c1-7-4-5-8(10-2)9(6-7)11-3/h4-5H,1-3H3. The van der Waals surface area contributed by atoms with Crippen LogP contribution in [0.4, 0.5) is 0 Å². The van der Waals surface area contributed by atoms with Crippen molar-refractivity contribution in [2.45, 2.75) is 6.92 Å². The molecule has 0 aromatic heterocycles. The van der Waals surface area contributed by atoms with Gasteiger partial charge in [0.15, 0.2) is 11.5 Å². The van der Waals surface area contributed by atoms with Crippen LogP contribution in [0.25, 0.3) is 0 Å². The normalized spacial score (nSPS) is 9.36. The molecule has 0 spiro atoms. The lowest BCUT2D eigenvalue weighted by atomic mass is 10.2. The molecule has 0 bridgehead atoms. The third-order valence-electron chi connectivity index (χ3n) is 1.44. The lowest BCUT2D eigenvalue weighted by molar-refractivity contribution is 0.354. The van der Waals surface area contributed by atoms with Gasteiger partial charge in [0.2, 0.25) is 0 Å². The first-order valence-corrected chi connectivity index (χ1v) is 3.39. The Balaban J connectivity index is 3.06. The number of aryl methyl sites for hydroxylation is 1. The van der Waals surface area contributed by atoms with Gasteiger partial charge in [0.1, 0.15) is 0 Å². The minimum atomic E-state index is 0.660. The SMILES string of the molecule is COc1[c]c(C)ccc1OC. The Labute approximate surface area is 66.8 Å². The summed E-state index contributed by atoms with van der Waals surface area (Å²) < 4.78 is 10.1. The summed E-state index contributed by atoms with van der Waals surface area (Å²) >= 11 is 0. The van der Waals surface area contributed by atoms with Crippen molar-refractivity contribution in [2.75, 3.05) is 14.2 Å². The zero-order valence-electron chi connectivity index (χ0n) is 6.97. The molecule has 2 nitrogen and oxygen atoms in total. The molecule has 0 unspecified atom stereocenters. The predicted octanol–water partition coefficient (Wildman–Crippen LogP) is 1.81. The van der Waals surface area contributed by atoms with Gasteiger partial charge in [-0.05, 0) is 18.6 Å². The summed E-state index contributed by atoms with van der Waals surface area (Å²) in [5, 5.41) is 0. The molecule has 1 aromatic rings. The van der Waals surface area contributed by atoms with Crippen molar-refractivity contribution in [1.82, 2.24) is 0 Å². The Morgan fingerprint density at radius 3 is 2.45 bits per heavy atom. The fraction of sp³-hybridized carbons (Fsp3) is 0.333. The van der Waals surface area contributed by atoms with Gasteiger partial charge in [-0.1, -0.05) is 6.07 Å². The van der Waals surface area contributed by atoms with Crippen molar-refractivity contribution < 1.29 is 9.47 Å². The zero-order valence-corrected chi connectivity index (χ0v) is 6.97. The maximum Gasteiger partial charge on any atom is 0.168 e. The number of hydrogen-bond acceptors (Lipinski definition) is 2. The summed E-state index contributed by atoms with van der Waals surface area (Å²) in [6.45, 7) is 1.96. The molecule has 2 heteroatoms. The lowest BCUT2D eigenvalue weighted by Gasteiger charge is -2.06. The largest absolute Gasteiger partial charge is 0.493 e. The van der Waals surface area contributed by atoms with Crippen LogP contribution in [-0.4, -0.2) is 14.2 Å². The van der Waals surface area contributed by atoms with Crippen molar-refractivity contribution in [3.63, 3.8) is 0 Å². The molecule has 0 aliphatic carbocycles. The highest BCUT2D eigenvalue weighted by Gasteiger charge is 2.01. The van der Waals surface area contributed by atoms with E-state index in [1.807, 2.05) is 19.1 Å². The van der Waals surface area contributed by atoms with E-state index in [0.29, 0.717) is 5.75 Å². The molecular weight excluding hydrogens is 140 g/mol. The smallest absolute Gasteiger partial charge is 0.168 e. The molecule has 1 rings (SSSR count). The van der Waals surface area contributed by atoms with E-state index < -0.39 is 0 Å². The Kier molecular flexibility index (Phi) is 2.36. The average molecular weight is 151 g/mol. The van der Waals surface area contributed by atoms with Crippen LogP contribution in [0.2, 0.25) is 0 Å². The van der Waals surface area contributed by atoms with E-state index in [2.05, 4.69) is 6.07 Å². The van der Waals surface area contributed by atoms with Gasteiger partial charge in [0, 0.05) is 6.07 Å². The molecule has 0 amide bonds. The minimum Gasteiger partial charge on any atom is -0.493 e. The summed E-state index contributed by atoms with van der Waals surface area (Å²) in [7, 11) is 3.22. The molecule has 1 radical (unpaired) electrons. The van der Waals surface area contributed by atoms with Crippen molar-refractivity contribution in [3.8, 4) is 11.5 Å². The van der Waals surface area contributed by atoms with Crippen LogP contribution in [0.3, 0.4) is 0 Å². The second-order valence-electron chi connectivity index (χ2n) is 2.24. The summed E-state index contributed by atoms with van der Waals surface area (Å²) in [5.74, 6) is 1.38. The van der Waals surface area contributed by atoms with Gasteiger partial charge in [-0.25, -0.2) is 0 Å². The molecule has 0 heterocycles. The maximum atomic E-state index is 5.04. The summed E-state index contributed by atoms with van der Waals surface area (Å²) in [6.07, 6.45) is 0. The number of methoxy groups -OCH3 is 2. The minimum absolute atomic E-state index is 0.660. The molecule has 0 saturated carbocycles. The average Bonchev–Trinajstić information content (AvgIpc) is 2.04. The quantitative estimate of drug-likeness (QED) is 0.641. The lowest BCUT2D eigenvalue weighted by Crippen LogP contribution is -1.90. The molecule has 0 aliphatic heterocycles. The maximum absolute atomic E-state index is 5.04. The monoisotopic (exact) mass is 151 g/mol. The van der Waals surface area contributed by atoms with Gasteiger partial charge >= 0.3 is 0 Å². The van der Waals surface area contributed by atoms with Crippen molar-refractivity contribution >= 4 is 0 Å². The van der Waals surface area contributed by atoms with Gasteiger partial charge in [0.05, 0.1) is 14.2 Å². The Bertz CT molecular complexity index is 243. The number of hydrogen-bond donors (Lipinski definition) is 0. The highest BCUT2D eigenvalue weighted by molar-refractivity contribution is 5.41. The highest BCUT2D eigenvalue weighted by atomic mass is 16.5. The van der Waals surface area contributed by atoms with Crippen LogP contribution < -0.4 is 9.47 Å². The van der Waals surface area contributed by atoms with Crippen LogP contribution in [0.5, 0.6) is 11.5 Å². The molecule has 0 N–H and O–H groups in total. The van der Waals surface area contributed by atoms with E-state index >= 15 is 0 Å². The number of benzene rings is 1. The van der Waals surface area contributed by atoms with Gasteiger partial charge in [-0.2, -0.15) is 0 Å². The fourth-order valence-corrected chi connectivity index (χ4v) is 0.871. The van der Waals surface area contributed by atoms with Gasteiger partial charge in [-0.3, -0.25) is 0 Å². The van der Waals surface area contributed by atoms with Crippen LogP contribution >= 0.6 is 0 Å². The second-order valence-corrected chi connectivity index (χ2v) is 2.24. The van der Waals surface area contributed by atoms with E-state index in [0.717, 1.165) is 11.3 Å². The van der Waals surface area contributed by atoms with E-state index in [-0.39, 0.29) is 0 Å². The van der Waals surface area contributed by atoms with Crippen LogP contribution in [0.15, 0.2) is 12.1 Å². The molecule has 11 heavy (non-hydrogen) atoms. The third kappa shape index (κ3) is 1.64. The molecule has 1 aromatic carbocycles. The molecule has 0 fully saturated rings. The first-order chi connectivity index (χ1) is 5.27. The van der Waals surface area contributed by atoms with Crippen molar-refractivity contribution in [2.24, 2.45) is 0 Å². The van der Waals surface area contributed by atoms with Crippen LogP contribution in [-0.2, 0) is 0 Å². The third-order valence-corrected chi connectivity index (χ3v) is 1.44. The second kappa shape index (κ2) is 3.28. The highest BCUT2D eigenvalue weighted by Crippen LogP contribution is 2.26. The van der Waals surface area contributed by atoms with Crippen LogP contribution in [0.1, 0.15) is 5.56 Å². The van der Waals surface area contributed by atoms with Gasteiger partial charge in [-0.15, -0.1) is 0 Å². The topological polar surface area (TPSA) is 18.5 Å². The van der Waals surface area contributed by atoms with Crippen LogP contribution in [0, 0.1) is 13.0 Å². The number of rotatable bonds is 2. The Morgan fingerprint density at radius 1 is 1.18 bits per heavy atom. The first-order valence-electron chi connectivity index (χ1n) is 3.39. The molecule has 0 saturated heterocycles. The molecule has 0 aliphatic rings. The molecule has 0 atom stereocenters. The Morgan fingerprint density at radius 2 is 1.91 bits per heavy atom. The zero-order chi connectivity index (χ0) is 8.27. The first kappa shape index (κ1) is 7.92. The van der Waals surface area contributed by atoms with Gasteiger partial charge in [0.25, 0.3) is 0 Å². The van der Waals surface area contributed by atoms with Crippen molar-refractivity contribution in [3.05, 3.63) is 23.8 Å². The number of ether oxygens (including phenoxy) is 2. The van der Waals surface area contributed by atoms with E-state index in [1.54, 1.807) is 14.2 Å². The summed E-state index contributed by atoms with van der Waals surface area (Å²) in [4.78, 5) is 0. The summed E-state index contributed by atoms with van der Waals surface area (Å²) in [5.41, 5.74) is 1.04. The van der Waals surface area contributed by atoms with E-state index in [4.69, 9.17) is 9.47 Å². The fourth-order valence-electron chi connectivity index (χ4n) is 0.871.